The van der Waals surface area contributed by atoms with E-state index < -0.39 is 16.6 Å². The number of benzene rings is 4. The van der Waals surface area contributed by atoms with Crippen LogP contribution in [0.4, 0.5) is 5.69 Å². The average molecular weight is 770 g/mol. The van der Waals surface area contributed by atoms with Gasteiger partial charge in [-0.3, -0.25) is 4.79 Å². The molecule has 0 bridgehead atoms. The van der Waals surface area contributed by atoms with Gasteiger partial charge in [0.2, 0.25) is 0 Å². The van der Waals surface area contributed by atoms with E-state index in [1.165, 1.54) is 15.9 Å². The number of likely N-dealkylation sites (tertiary alicyclic amines) is 1. The number of piperidine rings is 1. The first kappa shape index (κ1) is 36.1. The van der Waals surface area contributed by atoms with Crippen molar-refractivity contribution in [2.24, 2.45) is 0 Å². The van der Waals surface area contributed by atoms with Gasteiger partial charge in [0.25, 0.3) is 15.9 Å². The number of nitrogens with zero attached hydrogens (tertiary/aromatic N) is 5. The topological polar surface area (TPSA) is 127 Å². The maximum atomic E-state index is 14.6. The number of aromatic nitrogens is 3. The smallest absolute Gasteiger partial charge is 0.269 e. The molecule has 0 radical (unpaired) electrons. The second-order valence-electron chi connectivity index (χ2n) is 15.0. The highest BCUT2D eigenvalue weighted by Crippen LogP contribution is 2.43. The third kappa shape index (κ3) is 6.61. The third-order valence-electron chi connectivity index (χ3n) is 11.2. The Morgan fingerprint density at radius 1 is 0.875 bits per heavy atom. The van der Waals surface area contributed by atoms with Crippen molar-refractivity contribution in [1.29, 1.82) is 0 Å². The lowest BCUT2D eigenvalue weighted by Crippen LogP contribution is -2.35. The maximum Gasteiger partial charge on any atom is 0.269 e. The van der Waals surface area contributed by atoms with Crippen molar-refractivity contribution in [1.82, 2.24) is 18.8 Å². The molecule has 0 unspecified atom stereocenters. The molecule has 0 atom stereocenters. The fourth-order valence-corrected chi connectivity index (χ4v) is 9.39. The van der Waals surface area contributed by atoms with E-state index in [0.29, 0.717) is 56.4 Å². The molecule has 2 aromatic heterocycles. The van der Waals surface area contributed by atoms with Gasteiger partial charge in [-0.2, -0.15) is 0 Å². The summed E-state index contributed by atoms with van der Waals surface area (Å²) in [5, 5.41) is 11.5. The molecule has 2 fully saturated rings. The Morgan fingerprint density at radius 3 is 2.38 bits per heavy atom. The van der Waals surface area contributed by atoms with Crippen molar-refractivity contribution < 1.29 is 27.8 Å². The molecule has 1 aliphatic carbocycles. The van der Waals surface area contributed by atoms with Gasteiger partial charge in [0.1, 0.15) is 30.5 Å². The van der Waals surface area contributed by atoms with Crippen molar-refractivity contribution in [3.8, 4) is 34.0 Å². The number of aliphatic hydroxyl groups is 1. The van der Waals surface area contributed by atoms with Gasteiger partial charge in [-0.1, -0.05) is 35.9 Å². The van der Waals surface area contributed by atoms with Gasteiger partial charge in [-0.15, -0.1) is 0 Å². The summed E-state index contributed by atoms with van der Waals surface area (Å²) in [4.78, 5) is 27.5. The molecule has 4 aromatic carbocycles. The van der Waals surface area contributed by atoms with Crippen molar-refractivity contribution in [3.05, 3.63) is 120 Å². The summed E-state index contributed by atoms with van der Waals surface area (Å²) < 4.78 is 42.9. The molecule has 12 heteroatoms. The Balaban J connectivity index is 1.15. The Morgan fingerprint density at radius 2 is 1.64 bits per heavy atom. The molecular weight excluding hydrogens is 727 g/mol. The van der Waals surface area contributed by atoms with Crippen LogP contribution < -0.4 is 14.4 Å². The summed E-state index contributed by atoms with van der Waals surface area (Å²) in [7, 11) is -2.05. The number of hydrogen-bond donors (Lipinski definition) is 1. The van der Waals surface area contributed by atoms with Crippen LogP contribution in [0.1, 0.15) is 58.6 Å². The summed E-state index contributed by atoms with van der Waals surface area (Å²) in [6.07, 6.45) is 5.62. The van der Waals surface area contributed by atoms with E-state index in [2.05, 4.69) is 16.9 Å². The number of aryl methyl sites for hydroxylation is 1. The zero-order valence-corrected chi connectivity index (χ0v) is 32.2. The molecule has 4 heterocycles. The highest BCUT2D eigenvalue weighted by atomic mass is 32.2. The molecule has 1 saturated heterocycles. The number of carbonyl (C=O) groups is 1. The summed E-state index contributed by atoms with van der Waals surface area (Å²) in [5.41, 5.74) is 5.80. The van der Waals surface area contributed by atoms with E-state index in [0.717, 1.165) is 50.1 Å². The minimum absolute atomic E-state index is 0.117. The Bertz CT molecular complexity index is 2560. The first-order valence-corrected chi connectivity index (χ1v) is 20.6. The van der Waals surface area contributed by atoms with Crippen LogP contribution in [0.5, 0.6) is 11.5 Å². The fraction of sp³-hybridized carbons (Fsp3) is 0.295. The van der Waals surface area contributed by atoms with E-state index in [4.69, 9.17) is 14.5 Å². The Labute approximate surface area is 326 Å². The lowest BCUT2D eigenvalue weighted by molar-refractivity contribution is 0.0989. The first-order valence-electron chi connectivity index (χ1n) is 19.2. The predicted octanol–water partition coefficient (Wildman–Crippen LogP) is 7.19. The molecule has 9 rings (SSSR count). The number of fused-ring (bicyclic) bond motifs is 2. The number of rotatable bonds is 9. The maximum absolute atomic E-state index is 14.6. The first-order chi connectivity index (χ1) is 27.2. The molecule has 286 valence electrons. The number of aliphatic hydroxyl groups excluding tert-OH is 1. The van der Waals surface area contributed by atoms with Crippen LogP contribution in [0.25, 0.3) is 33.5 Å². The van der Waals surface area contributed by atoms with Crippen LogP contribution >= 0.6 is 0 Å². The van der Waals surface area contributed by atoms with Gasteiger partial charge in [0.15, 0.2) is 5.65 Å². The highest BCUT2D eigenvalue weighted by Gasteiger charge is 2.32. The van der Waals surface area contributed by atoms with E-state index in [-0.39, 0.29) is 35.7 Å². The van der Waals surface area contributed by atoms with Crippen LogP contribution in [0.15, 0.2) is 102 Å². The molecule has 56 heavy (non-hydrogen) atoms. The zero-order valence-electron chi connectivity index (χ0n) is 31.4. The SMILES string of the molecule is Cc1ccc(S(=O)(=O)n2c(-c3ccc(OC4CCN(C)CC4)cc3)cc3c(-c4cccc(N5CCOc6cc(C7CC7)ccc6C5=O)c4CO)ncnc32)cc1. The lowest BCUT2D eigenvalue weighted by atomic mass is 9.99. The third-order valence-corrected chi connectivity index (χ3v) is 12.9. The number of carbonyl (C=O) groups excluding carboxylic acids is 1. The van der Waals surface area contributed by atoms with E-state index in [1.54, 1.807) is 35.2 Å². The normalized spacial score (nSPS) is 16.8. The van der Waals surface area contributed by atoms with Gasteiger partial charge >= 0.3 is 0 Å². The minimum atomic E-state index is -4.17. The molecule has 11 nitrogen and oxygen atoms in total. The highest BCUT2D eigenvalue weighted by molar-refractivity contribution is 7.90. The average Bonchev–Trinajstić information content (AvgIpc) is 4.01. The van der Waals surface area contributed by atoms with E-state index >= 15 is 0 Å². The molecule has 1 saturated carbocycles. The van der Waals surface area contributed by atoms with Gasteiger partial charge in [0.05, 0.1) is 40.7 Å². The summed E-state index contributed by atoms with van der Waals surface area (Å²) in [6, 6.07) is 27.3. The summed E-state index contributed by atoms with van der Waals surface area (Å²) in [5.74, 6) is 1.59. The molecule has 2 aliphatic heterocycles. The van der Waals surface area contributed by atoms with Gasteiger partial charge in [-0.05, 0) is 117 Å². The van der Waals surface area contributed by atoms with Crippen molar-refractivity contribution in [3.63, 3.8) is 0 Å². The van der Waals surface area contributed by atoms with Crippen LogP contribution in [-0.4, -0.2) is 77.7 Å². The summed E-state index contributed by atoms with van der Waals surface area (Å²) >= 11 is 0. The molecule has 6 aromatic rings. The van der Waals surface area contributed by atoms with E-state index in [1.807, 2.05) is 67.6 Å². The lowest BCUT2D eigenvalue weighted by Gasteiger charge is -2.29. The standard InChI is InChI=1S/C44H43N5O6S/c1-28-6-15-34(16-7-28)56(52,53)49-40(30-10-13-32(14-11-30)55-33-18-20-47(2)21-19-33)25-37-42(45-27-46-43(37)49)35-4-3-5-39(38(35)26-50)48-22-23-54-41-24-31(29-8-9-29)12-17-36(41)44(48)51/h3-7,10-17,24-25,27,29,33,50H,8-9,18-23,26H2,1-2H3. The van der Waals surface area contributed by atoms with Crippen molar-refractivity contribution in [2.75, 3.05) is 38.2 Å². The Kier molecular flexibility index (Phi) is 9.35. The number of ether oxygens (including phenoxy) is 2. The van der Waals surface area contributed by atoms with Crippen LogP contribution in [0.2, 0.25) is 0 Å². The number of anilines is 1. The molecule has 0 spiro atoms. The molecule has 3 aliphatic rings. The molecular formula is C44H43N5O6S. The fourth-order valence-electron chi connectivity index (χ4n) is 7.91. The largest absolute Gasteiger partial charge is 0.491 e. The molecule has 1 amide bonds. The van der Waals surface area contributed by atoms with Gasteiger partial charge < -0.3 is 24.4 Å². The monoisotopic (exact) mass is 769 g/mol. The van der Waals surface area contributed by atoms with Crippen LogP contribution in [0.3, 0.4) is 0 Å². The second-order valence-corrected chi connectivity index (χ2v) is 16.8. The van der Waals surface area contributed by atoms with Gasteiger partial charge in [-0.25, -0.2) is 22.4 Å². The minimum Gasteiger partial charge on any atom is -0.491 e. The predicted molar refractivity (Wildman–Crippen MR) is 215 cm³/mol. The Hall–Kier alpha value is -5.56. The van der Waals surface area contributed by atoms with E-state index in [9.17, 15) is 18.3 Å². The van der Waals surface area contributed by atoms with Crippen molar-refractivity contribution in [2.45, 2.75) is 56.1 Å². The second kappa shape index (κ2) is 14.5. The van der Waals surface area contributed by atoms with Crippen molar-refractivity contribution >= 4 is 32.7 Å². The molecule has 1 N–H and O–H groups in total. The quantitative estimate of drug-likeness (QED) is 0.163. The van der Waals surface area contributed by atoms with Crippen LogP contribution in [-0.2, 0) is 16.6 Å². The summed E-state index contributed by atoms with van der Waals surface area (Å²) in [6.45, 7) is 4.01. The number of hydrogen-bond acceptors (Lipinski definition) is 9. The zero-order chi connectivity index (χ0) is 38.6. The van der Waals surface area contributed by atoms with Gasteiger partial charge in [0, 0.05) is 29.6 Å². The number of amides is 1. The van der Waals surface area contributed by atoms with Crippen LogP contribution in [0, 0.1) is 6.92 Å².